The highest BCUT2D eigenvalue weighted by Gasteiger charge is 2.29. The Labute approximate surface area is 158 Å². The van der Waals surface area contributed by atoms with Crippen LogP contribution >= 0.6 is 0 Å². The smallest absolute Gasteiger partial charge is 0.235 e. The number of rotatable bonds is 6. The molecule has 1 fully saturated rings. The van der Waals surface area contributed by atoms with Crippen LogP contribution in [0.4, 0.5) is 15.8 Å². The molecule has 0 aliphatic carbocycles. The number of anilines is 2. The average molecular weight is 392 g/mol. The number of carbonyl (C=O) groups is 1. The van der Waals surface area contributed by atoms with Gasteiger partial charge < -0.3 is 10.1 Å². The largest absolute Gasteiger partial charge is 0.495 e. The van der Waals surface area contributed by atoms with E-state index < -0.39 is 10.0 Å². The number of benzene rings is 2. The second-order valence-electron chi connectivity index (χ2n) is 6.27. The fourth-order valence-corrected chi connectivity index (χ4v) is 4.60. The standard InChI is InChI=1S/C19H21FN2O4S/c1-26-18-9-8-15(22-11-4-12-27(22,24)25)13-17(18)21-19(23)10-7-14-5-2-3-6-16(14)20/h2-3,5-6,8-9,13H,4,7,10-12H2,1H3,(H,21,23). The van der Waals surface area contributed by atoms with Crippen LogP contribution in [0.1, 0.15) is 18.4 Å². The molecule has 1 aliphatic rings. The molecule has 2 aromatic rings. The number of nitrogens with one attached hydrogen (secondary N) is 1. The highest BCUT2D eigenvalue weighted by molar-refractivity contribution is 7.93. The van der Waals surface area contributed by atoms with Crippen LogP contribution in [0.3, 0.4) is 0 Å². The monoisotopic (exact) mass is 392 g/mol. The zero-order valence-electron chi connectivity index (χ0n) is 14.9. The maximum Gasteiger partial charge on any atom is 0.235 e. The summed E-state index contributed by atoms with van der Waals surface area (Å²) in [4.78, 5) is 12.3. The number of hydrogen-bond acceptors (Lipinski definition) is 4. The van der Waals surface area contributed by atoms with Gasteiger partial charge >= 0.3 is 0 Å². The third kappa shape index (κ3) is 4.39. The number of hydrogen-bond donors (Lipinski definition) is 1. The third-order valence-electron chi connectivity index (χ3n) is 4.42. The summed E-state index contributed by atoms with van der Waals surface area (Å²) >= 11 is 0. The summed E-state index contributed by atoms with van der Waals surface area (Å²) in [6.07, 6.45) is 0.927. The van der Waals surface area contributed by atoms with Crippen molar-refractivity contribution < 1.29 is 22.3 Å². The van der Waals surface area contributed by atoms with Crippen LogP contribution in [-0.2, 0) is 21.2 Å². The number of ether oxygens (including phenoxy) is 1. The molecule has 0 bridgehead atoms. The Balaban J connectivity index is 1.74. The first-order valence-electron chi connectivity index (χ1n) is 8.62. The molecule has 144 valence electrons. The molecule has 6 nitrogen and oxygen atoms in total. The van der Waals surface area contributed by atoms with E-state index in [1.54, 1.807) is 36.4 Å². The number of carbonyl (C=O) groups excluding carboxylic acids is 1. The van der Waals surface area contributed by atoms with Crippen LogP contribution in [0.2, 0.25) is 0 Å². The van der Waals surface area contributed by atoms with E-state index in [1.165, 1.54) is 17.5 Å². The van der Waals surface area contributed by atoms with Gasteiger partial charge in [0.25, 0.3) is 0 Å². The average Bonchev–Trinajstić information content (AvgIpc) is 3.00. The number of halogens is 1. The second kappa shape index (κ2) is 7.96. The number of methoxy groups -OCH3 is 1. The van der Waals surface area contributed by atoms with Gasteiger partial charge in [-0.1, -0.05) is 18.2 Å². The van der Waals surface area contributed by atoms with Gasteiger partial charge in [-0.15, -0.1) is 0 Å². The first-order chi connectivity index (χ1) is 12.9. The van der Waals surface area contributed by atoms with Gasteiger partial charge in [-0.3, -0.25) is 9.10 Å². The van der Waals surface area contributed by atoms with Crippen LogP contribution in [0.5, 0.6) is 5.75 Å². The van der Waals surface area contributed by atoms with E-state index in [0.717, 1.165) is 0 Å². The predicted molar refractivity (Wildman–Crippen MR) is 102 cm³/mol. The van der Waals surface area contributed by atoms with Gasteiger partial charge in [-0.2, -0.15) is 0 Å². The van der Waals surface area contributed by atoms with Crippen LogP contribution in [-0.4, -0.2) is 33.7 Å². The number of aryl methyl sites for hydroxylation is 1. The molecule has 0 atom stereocenters. The topological polar surface area (TPSA) is 75.7 Å². The first kappa shape index (κ1) is 19.2. The zero-order valence-corrected chi connectivity index (χ0v) is 15.8. The van der Waals surface area contributed by atoms with E-state index in [-0.39, 0.29) is 30.3 Å². The van der Waals surface area contributed by atoms with Crippen molar-refractivity contribution in [1.29, 1.82) is 0 Å². The Bertz CT molecular complexity index is 946. The fraction of sp³-hybridized carbons (Fsp3) is 0.316. The quantitative estimate of drug-likeness (QED) is 0.820. The molecule has 1 N–H and O–H groups in total. The van der Waals surface area contributed by atoms with Crippen LogP contribution in [0.15, 0.2) is 42.5 Å². The van der Waals surface area contributed by atoms with E-state index in [4.69, 9.17) is 4.74 Å². The summed E-state index contributed by atoms with van der Waals surface area (Å²) < 4.78 is 44.5. The lowest BCUT2D eigenvalue weighted by molar-refractivity contribution is -0.116. The molecule has 27 heavy (non-hydrogen) atoms. The van der Waals surface area contributed by atoms with Crippen molar-refractivity contribution in [3.8, 4) is 5.75 Å². The van der Waals surface area contributed by atoms with Crippen molar-refractivity contribution in [3.63, 3.8) is 0 Å². The normalized spacial score (nSPS) is 15.6. The van der Waals surface area contributed by atoms with Crippen molar-refractivity contribution >= 4 is 27.3 Å². The minimum atomic E-state index is -3.32. The molecule has 3 rings (SSSR count). The minimum absolute atomic E-state index is 0.0936. The molecule has 1 aliphatic heterocycles. The summed E-state index contributed by atoms with van der Waals surface area (Å²) in [5, 5.41) is 2.73. The van der Waals surface area contributed by atoms with Gasteiger partial charge in [-0.25, -0.2) is 12.8 Å². The Kier molecular flexibility index (Phi) is 5.65. The highest BCUT2D eigenvalue weighted by Crippen LogP contribution is 2.32. The molecule has 0 aromatic heterocycles. The fourth-order valence-electron chi connectivity index (χ4n) is 3.04. The third-order valence-corrected chi connectivity index (χ3v) is 6.29. The van der Waals surface area contributed by atoms with Crippen molar-refractivity contribution in [2.24, 2.45) is 0 Å². The van der Waals surface area contributed by atoms with Gasteiger partial charge in [0.2, 0.25) is 15.9 Å². The summed E-state index contributed by atoms with van der Waals surface area (Å²) in [7, 11) is -1.85. The zero-order chi connectivity index (χ0) is 19.4. The molecule has 8 heteroatoms. The van der Waals surface area contributed by atoms with E-state index in [2.05, 4.69) is 5.32 Å². The van der Waals surface area contributed by atoms with Crippen molar-refractivity contribution in [3.05, 3.63) is 53.8 Å². The van der Waals surface area contributed by atoms with Gasteiger partial charge in [-0.05, 0) is 42.7 Å². The molecule has 0 radical (unpaired) electrons. The maximum absolute atomic E-state index is 13.7. The summed E-state index contributed by atoms with van der Waals surface area (Å²) in [5.74, 6) is -0.111. The maximum atomic E-state index is 13.7. The van der Waals surface area contributed by atoms with Gasteiger partial charge in [0.05, 0.1) is 24.2 Å². The Morgan fingerprint density at radius 2 is 2.04 bits per heavy atom. The molecular weight excluding hydrogens is 371 g/mol. The Morgan fingerprint density at radius 3 is 2.70 bits per heavy atom. The summed E-state index contributed by atoms with van der Waals surface area (Å²) in [5.41, 5.74) is 1.34. The predicted octanol–water partition coefficient (Wildman–Crippen LogP) is 2.95. The molecule has 2 aromatic carbocycles. The lowest BCUT2D eigenvalue weighted by Gasteiger charge is -2.19. The molecule has 0 unspecified atom stereocenters. The Morgan fingerprint density at radius 1 is 1.26 bits per heavy atom. The van der Waals surface area contributed by atoms with E-state index >= 15 is 0 Å². The van der Waals surface area contributed by atoms with Crippen molar-refractivity contribution in [1.82, 2.24) is 0 Å². The number of sulfonamides is 1. The van der Waals surface area contributed by atoms with Crippen molar-refractivity contribution in [2.45, 2.75) is 19.3 Å². The minimum Gasteiger partial charge on any atom is -0.495 e. The lowest BCUT2D eigenvalue weighted by atomic mass is 10.1. The molecule has 1 saturated heterocycles. The molecule has 0 spiro atoms. The second-order valence-corrected chi connectivity index (χ2v) is 8.28. The van der Waals surface area contributed by atoms with Crippen LogP contribution in [0, 0.1) is 5.82 Å². The van der Waals surface area contributed by atoms with Crippen molar-refractivity contribution in [2.75, 3.05) is 29.0 Å². The van der Waals surface area contributed by atoms with Crippen LogP contribution < -0.4 is 14.4 Å². The van der Waals surface area contributed by atoms with E-state index in [0.29, 0.717) is 35.7 Å². The van der Waals surface area contributed by atoms with Gasteiger partial charge in [0.15, 0.2) is 0 Å². The van der Waals surface area contributed by atoms with Gasteiger partial charge in [0.1, 0.15) is 11.6 Å². The highest BCUT2D eigenvalue weighted by atomic mass is 32.2. The number of nitrogens with zero attached hydrogens (tertiary/aromatic N) is 1. The molecule has 0 saturated carbocycles. The molecule has 1 heterocycles. The van der Waals surface area contributed by atoms with Crippen LogP contribution in [0.25, 0.3) is 0 Å². The SMILES string of the molecule is COc1ccc(N2CCCS2(=O)=O)cc1NC(=O)CCc1ccccc1F. The summed E-state index contributed by atoms with van der Waals surface area (Å²) in [6.45, 7) is 0.412. The lowest BCUT2D eigenvalue weighted by Crippen LogP contribution is -2.25. The van der Waals surface area contributed by atoms with Gasteiger partial charge in [0, 0.05) is 13.0 Å². The molecule has 1 amide bonds. The van der Waals surface area contributed by atoms with E-state index in [1.807, 2.05) is 0 Å². The Hall–Kier alpha value is -2.61. The first-order valence-corrected chi connectivity index (χ1v) is 10.2. The summed E-state index contributed by atoms with van der Waals surface area (Å²) in [6, 6.07) is 11.2. The van der Waals surface area contributed by atoms with E-state index in [9.17, 15) is 17.6 Å². The molecular formula is C19H21FN2O4S. The number of amides is 1.